The molecule has 0 aliphatic carbocycles. The van der Waals surface area contributed by atoms with Crippen molar-refractivity contribution < 1.29 is 9.18 Å². The van der Waals surface area contributed by atoms with E-state index in [-0.39, 0.29) is 17.9 Å². The molecular weight excluding hydrogens is 343 g/mol. The van der Waals surface area contributed by atoms with Gasteiger partial charge in [0, 0.05) is 30.9 Å². The molecule has 0 spiro atoms. The zero-order valence-electron chi connectivity index (χ0n) is 16.5. The Morgan fingerprint density at radius 3 is 2.70 bits per heavy atom. The first-order valence-corrected chi connectivity index (χ1v) is 9.84. The van der Waals surface area contributed by atoms with Crippen molar-refractivity contribution in [3.63, 3.8) is 0 Å². The third-order valence-electron chi connectivity index (χ3n) is 5.40. The van der Waals surface area contributed by atoms with Gasteiger partial charge < -0.3 is 10.2 Å². The van der Waals surface area contributed by atoms with Gasteiger partial charge in [-0.25, -0.2) is 9.18 Å². The van der Waals surface area contributed by atoms with Crippen LogP contribution in [0.5, 0.6) is 0 Å². The number of likely N-dealkylation sites (tertiary alicyclic amines) is 1. The molecule has 2 aromatic rings. The molecule has 3 rings (SSSR count). The largest absolute Gasteiger partial charge is 0.334 e. The summed E-state index contributed by atoms with van der Waals surface area (Å²) in [5, 5.41) is 7.65. The van der Waals surface area contributed by atoms with Gasteiger partial charge in [-0.1, -0.05) is 19.1 Å². The SMILES string of the molecule is CCCn1nc(C)c(CNC(=O)N2CCCC[C@@H]2c2ccc(F)cc2)c1C. The van der Waals surface area contributed by atoms with Crippen LogP contribution in [-0.2, 0) is 13.1 Å². The van der Waals surface area contributed by atoms with Crippen LogP contribution < -0.4 is 5.32 Å². The van der Waals surface area contributed by atoms with Crippen LogP contribution in [0, 0.1) is 19.7 Å². The van der Waals surface area contributed by atoms with Crippen molar-refractivity contribution in [2.75, 3.05) is 6.54 Å². The average Bonchev–Trinajstić information content (AvgIpc) is 2.94. The number of aryl methyl sites for hydroxylation is 2. The van der Waals surface area contributed by atoms with Crippen LogP contribution in [0.3, 0.4) is 0 Å². The number of carbonyl (C=O) groups is 1. The highest BCUT2D eigenvalue weighted by atomic mass is 19.1. The van der Waals surface area contributed by atoms with Gasteiger partial charge in [0.25, 0.3) is 0 Å². The standard InChI is InChI=1S/C21H29FN4O/c1-4-12-26-16(3)19(15(2)24-26)14-23-21(27)25-13-6-5-7-20(25)17-8-10-18(22)11-9-17/h8-11,20H,4-7,12-14H2,1-3H3,(H,23,27)/t20-/m1/s1. The van der Waals surface area contributed by atoms with Crippen LogP contribution in [0.4, 0.5) is 9.18 Å². The molecule has 0 bridgehead atoms. The molecule has 146 valence electrons. The highest BCUT2D eigenvalue weighted by Crippen LogP contribution is 2.31. The van der Waals surface area contributed by atoms with Crippen molar-refractivity contribution in [3.8, 4) is 0 Å². The van der Waals surface area contributed by atoms with E-state index in [9.17, 15) is 9.18 Å². The van der Waals surface area contributed by atoms with Crippen LogP contribution in [0.25, 0.3) is 0 Å². The van der Waals surface area contributed by atoms with Crippen LogP contribution in [0.2, 0.25) is 0 Å². The van der Waals surface area contributed by atoms with E-state index in [1.54, 1.807) is 12.1 Å². The van der Waals surface area contributed by atoms with E-state index in [1.165, 1.54) is 12.1 Å². The number of benzene rings is 1. The minimum Gasteiger partial charge on any atom is -0.334 e. The molecule has 0 unspecified atom stereocenters. The van der Waals surface area contributed by atoms with Crippen molar-refractivity contribution in [1.82, 2.24) is 20.0 Å². The lowest BCUT2D eigenvalue weighted by Gasteiger charge is -2.36. The summed E-state index contributed by atoms with van der Waals surface area (Å²) < 4.78 is 15.3. The van der Waals surface area contributed by atoms with Crippen molar-refractivity contribution in [3.05, 3.63) is 52.6 Å². The number of carbonyl (C=O) groups excluding carboxylic acids is 1. The molecule has 1 aromatic heterocycles. The maximum atomic E-state index is 13.2. The predicted octanol–water partition coefficient (Wildman–Crippen LogP) is 4.49. The molecule has 5 nitrogen and oxygen atoms in total. The van der Waals surface area contributed by atoms with Crippen molar-refractivity contribution in [1.29, 1.82) is 0 Å². The van der Waals surface area contributed by atoms with Crippen LogP contribution in [-0.4, -0.2) is 27.3 Å². The Morgan fingerprint density at radius 2 is 2.00 bits per heavy atom. The molecule has 1 N–H and O–H groups in total. The van der Waals surface area contributed by atoms with Gasteiger partial charge in [0.15, 0.2) is 0 Å². The third kappa shape index (κ3) is 4.31. The number of amides is 2. The van der Waals surface area contributed by atoms with Crippen molar-refractivity contribution in [2.24, 2.45) is 0 Å². The minimum atomic E-state index is -0.249. The zero-order chi connectivity index (χ0) is 19.4. The fraction of sp³-hybridized carbons (Fsp3) is 0.524. The summed E-state index contributed by atoms with van der Waals surface area (Å²) >= 11 is 0. The highest BCUT2D eigenvalue weighted by molar-refractivity contribution is 5.75. The number of piperidine rings is 1. The lowest BCUT2D eigenvalue weighted by molar-refractivity contribution is 0.151. The molecule has 1 fully saturated rings. The van der Waals surface area contributed by atoms with Gasteiger partial charge in [-0.15, -0.1) is 0 Å². The molecule has 1 aliphatic rings. The first kappa shape index (κ1) is 19.4. The smallest absolute Gasteiger partial charge is 0.318 e. The van der Waals surface area contributed by atoms with E-state index in [0.29, 0.717) is 6.54 Å². The Hall–Kier alpha value is -2.37. The Balaban J connectivity index is 1.70. The Kier molecular flexibility index (Phi) is 6.14. The van der Waals surface area contributed by atoms with Gasteiger partial charge >= 0.3 is 6.03 Å². The average molecular weight is 372 g/mol. The maximum absolute atomic E-state index is 13.2. The topological polar surface area (TPSA) is 50.2 Å². The molecule has 6 heteroatoms. The van der Waals surface area contributed by atoms with Gasteiger partial charge in [0.2, 0.25) is 0 Å². The summed E-state index contributed by atoms with van der Waals surface area (Å²) in [5.41, 5.74) is 4.17. The monoisotopic (exact) mass is 372 g/mol. The van der Waals surface area contributed by atoms with Gasteiger partial charge in [-0.3, -0.25) is 4.68 Å². The van der Waals surface area contributed by atoms with E-state index in [2.05, 4.69) is 24.3 Å². The minimum absolute atomic E-state index is 0.00404. The number of hydrogen-bond donors (Lipinski definition) is 1. The normalized spacial score (nSPS) is 17.2. The fourth-order valence-corrected chi connectivity index (χ4v) is 3.89. The number of hydrogen-bond acceptors (Lipinski definition) is 2. The van der Waals surface area contributed by atoms with E-state index in [1.807, 2.05) is 16.5 Å². The first-order chi connectivity index (χ1) is 13.0. The summed E-state index contributed by atoms with van der Waals surface area (Å²) in [6, 6.07) is 6.45. The summed E-state index contributed by atoms with van der Waals surface area (Å²) in [6.45, 7) is 8.26. The van der Waals surface area contributed by atoms with Crippen LogP contribution >= 0.6 is 0 Å². The number of aromatic nitrogens is 2. The van der Waals surface area contributed by atoms with Gasteiger partial charge in [-0.05, 0) is 57.2 Å². The molecule has 27 heavy (non-hydrogen) atoms. The summed E-state index contributed by atoms with van der Waals surface area (Å²) in [5.74, 6) is -0.249. The molecule has 1 atom stereocenters. The summed E-state index contributed by atoms with van der Waals surface area (Å²) in [6.07, 6.45) is 4.01. The maximum Gasteiger partial charge on any atom is 0.318 e. The molecule has 1 aliphatic heterocycles. The van der Waals surface area contributed by atoms with Crippen molar-refractivity contribution >= 4 is 6.03 Å². The number of rotatable bonds is 5. The van der Waals surface area contributed by atoms with Crippen LogP contribution in [0.1, 0.15) is 61.2 Å². The van der Waals surface area contributed by atoms with Gasteiger partial charge in [-0.2, -0.15) is 5.10 Å². The van der Waals surface area contributed by atoms with Gasteiger partial charge in [0.05, 0.1) is 11.7 Å². The van der Waals surface area contributed by atoms with Crippen LogP contribution in [0.15, 0.2) is 24.3 Å². The Morgan fingerprint density at radius 1 is 1.26 bits per heavy atom. The molecule has 0 radical (unpaired) electrons. The Bertz CT molecular complexity index is 784. The quantitative estimate of drug-likeness (QED) is 0.841. The second kappa shape index (κ2) is 8.55. The van der Waals surface area contributed by atoms with E-state index < -0.39 is 0 Å². The molecule has 1 saturated heterocycles. The number of urea groups is 1. The molecular formula is C21H29FN4O. The van der Waals surface area contributed by atoms with Crippen molar-refractivity contribution in [2.45, 2.75) is 65.6 Å². The number of nitrogens with zero attached hydrogens (tertiary/aromatic N) is 3. The Labute approximate surface area is 160 Å². The highest BCUT2D eigenvalue weighted by Gasteiger charge is 2.28. The summed E-state index contributed by atoms with van der Waals surface area (Å²) in [7, 11) is 0. The lowest BCUT2D eigenvalue weighted by atomic mass is 9.95. The second-order valence-corrected chi connectivity index (χ2v) is 7.29. The number of nitrogens with one attached hydrogen (secondary N) is 1. The predicted molar refractivity (Wildman–Crippen MR) is 104 cm³/mol. The van der Waals surface area contributed by atoms with Gasteiger partial charge in [0.1, 0.15) is 5.82 Å². The molecule has 2 amide bonds. The van der Waals surface area contributed by atoms with E-state index in [0.717, 1.165) is 61.3 Å². The summed E-state index contributed by atoms with van der Waals surface area (Å²) in [4.78, 5) is 14.8. The lowest BCUT2D eigenvalue weighted by Crippen LogP contribution is -2.44. The first-order valence-electron chi connectivity index (χ1n) is 9.84. The van der Waals surface area contributed by atoms with E-state index in [4.69, 9.17) is 0 Å². The molecule has 1 aromatic carbocycles. The fourth-order valence-electron chi connectivity index (χ4n) is 3.89. The van der Waals surface area contributed by atoms with E-state index >= 15 is 0 Å². The third-order valence-corrected chi connectivity index (χ3v) is 5.40. The zero-order valence-corrected chi connectivity index (χ0v) is 16.5. The second-order valence-electron chi connectivity index (χ2n) is 7.29. The number of halogens is 1. The molecule has 0 saturated carbocycles. The molecule has 2 heterocycles.